The fraction of sp³-hybridized carbons (Fsp3) is 0.100. The van der Waals surface area contributed by atoms with E-state index < -0.39 is 0 Å². The van der Waals surface area contributed by atoms with Crippen LogP contribution in [0.4, 0.5) is 5.69 Å². The second kappa shape index (κ2) is 7.85. The van der Waals surface area contributed by atoms with Gasteiger partial charge in [-0.05, 0) is 36.4 Å². The van der Waals surface area contributed by atoms with Crippen LogP contribution in [0.15, 0.2) is 59.8 Å². The lowest BCUT2D eigenvalue weighted by atomic mass is 10.1. The topological polar surface area (TPSA) is 90.6 Å². The number of carbonyl (C=O) groups is 1. The smallest absolute Gasteiger partial charge is 0.234 e. The van der Waals surface area contributed by atoms with Crippen LogP contribution in [-0.2, 0) is 4.79 Å². The van der Waals surface area contributed by atoms with Crippen molar-refractivity contribution >= 4 is 40.6 Å². The highest BCUT2D eigenvalue weighted by atomic mass is 35.5. The summed E-state index contributed by atoms with van der Waals surface area (Å²) in [5.41, 5.74) is 2.92. The van der Waals surface area contributed by atoms with Crippen molar-refractivity contribution in [1.29, 1.82) is 0 Å². The molecule has 2 aromatic heterocycles. The van der Waals surface area contributed by atoms with Gasteiger partial charge in [0.15, 0.2) is 17.1 Å². The van der Waals surface area contributed by atoms with Crippen LogP contribution in [0.1, 0.15) is 0 Å². The number of thioether (sulfide) groups is 1. The molecule has 0 saturated heterocycles. The lowest BCUT2D eigenvalue weighted by Gasteiger charge is -2.06. The summed E-state index contributed by atoms with van der Waals surface area (Å²) in [4.78, 5) is 12.4. The molecule has 0 saturated carbocycles. The van der Waals surface area contributed by atoms with E-state index in [9.17, 15) is 4.79 Å². The number of anilines is 1. The maximum Gasteiger partial charge on any atom is 0.234 e. The van der Waals surface area contributed by atoms with Crippen molar-refractivity contribution in [2.75, 3.05) is 17.9 Å². The Hall–Kier alpha value is -3.30. The average molecular weight is 440 g/mol. The first-order chi connectivity index (χ1) is 14.7. The van der Waals surface area contributed by atoms with E-state index in [1.807, 2.05) is 36.4 Å². The summed E-state index contributed by atoms with van der Waals surface area (Å²) in [5, 5.41) is 16.9. The van der Waals surface area contributed by atoms with Gasteiger partial charge in [0.25, 0.3) is 0 Å². The molecule has 0 radical (unpaired) electrons. The van der Waals surface area contributed by atoms with E-state index in [4.69, 9.17) is 21.1 Å². The van der Waals surface area contributed by atoms with Crippen molar-refractivity contribution in [3.05, 3.63) is 59.6 Å². The van der Waals surface area contributed by atoms with Crippen LogP contribution in [0.25, 0.3) is 16.9 Å². The van der Waals surface area contributed by atoms with E-state index in [-0.39, 0.29) is 18.5 Å². The molecule has 5 rings (SSSR count). The first-order valence-electron chi connectivity index (χ1n) is 8.96. The minimum Gasteiger partial charge on any atom is -0.454 e. The van der Waals surface area contributed by atoms with E-state index in [0.29, 0.717) is 33.0 Å². The van der Waals surface area contributed by atoms with Gasteiger partial charge in [0.05, 0.1) is 11.4 Å². The zero-order valence-electron chi connectivity index (χ0n) is 15.4. The zero-order valence-corrected chi connectivity index (χ0v) is 17.0. The number of ether oxygens (including phenoxy) is 2. The van der Waals surface area contributed by atoms with Crippen molar-refractivity contribution < 1.29 is 14.3 Å². The van der Waals surface area contributed by atoms with Gasteiger partial charge in [-0.1, -0.05) is 35.5 Å². The Morgan fingerprint density at radius 3 is 2.77 bits per heavy atom. The summed E-state index contributed by atoms with van der Waals surface area (Å²) in [6.45, 7) is 0.188. The normalized spacial score (nSPS) is 12.3. The van der Waals surface area contributed by atoms with Crippen LogP contribution >= 0.6 is 23.4 Å². The van der Waals surface area contributed by atoms with Crippen LogP contribution < -0.4 is 14.8 Å². The number of hydrogen-bond acceptors (Lipinski definition) is 7. The van der Waals surface area contributed by atoms with Crippen molar-refractivity contribution in [2.24, 2.45) is 0 Å². The summed E-state index contributed by atoms with van der Waals surface area (Å²) in [5.74, 6) is 1.26. The second-order valence-corrected chi connectivity index (χ2v) is 7.76. The number of fused-ring (bicyclic) bond motifs is 2. The highest BCUT2D eigenvalue weighted by Crippen LogP contribution is 2.34. The molecule has 1 amide bonds. The zero-order chi connectivity index (χ0) is 20.5. The van der Waals surface area contributed by atoms with Gasteiger partial charge < -0.3 is 14.8 Å². The Kier molecular flexibility index (Phi) is 4.89. The Bertz CT molecular complexity index is 1250. The number of carbonyl (C=O) groups excluding carboxylic acids is 1. The molecule has 0 fully saturated rings. The Balaban J connectivity index is 1.29. The fourth-order valence-corrected chi connectivity index (χ4v) is 3.75. The summed E-state index contributed by atoms with van der Waals surface area (Å²) in [6.07, 6.45) is 0. The molecule has 1 N–H and O–H groups in total. The molecule has 1 aliphatic rings. The molecule has 0 unspecified atom stereocenters. The van der Waals surface area contributed by atoms with Gasteiger partial charge >= 0.3 is 0 Å². The molecule has 8 nitrogen and oxygen atoms in total. The molecule has 0 spiro atoms. The van der Waals surface area contributed by atoms with Crippen LogP contribution in [0.5, 0.6) is 11.5 Å². The Morgan fingerprint density at radius 1 is 1.07 bits per heavy atom. The minimum atomic E-state index is -0.176. The summed E-state index contributed by atoms with van der Waals surface area (Å²) in [6, 6.07) is 16.4. The van der Waals surface area contributed by atoms with Gasteiger partial charge in [0.2, 0.25) is 17.9 Å². The number of benzene rings is 2. The molecule has 0 bridgehead atoms. The third-order valence-corrected chi connectivity index (χ3v) is 5.53. The molecule has 10 heteroatoms. The maximum absolute atomic E-state index is 12.4. The van der Waals surface area contributed by atoms with Gasteiger partial charge in [-0.25, -0.2) is 0 Å². The first kappa shape index (κ1) is 18.7. The predicted octanol–water partition coefficient (Wildman–Crippen LogP) is 3.90. The summed E-state index contributed by atoms with van der Waals surface area (Å²) in [7, 11) is 0. The lowest BCUT2D eigenvalue weighted by Crippen LogP contribution is -2.14. The standard InChI is InChI=1S/C20H14ClN5O3S/c21-13-3-1-12(2-4-13)15-6-8-18-23-24-20(26(18)25-15)30-10-19(27)22-14-5-7-16-17(9-14)29-11-28-16/h1-9H,10-11H2,(H,22,27). The van der Waals surface area contributed by atoms with Crippen molar-refractivity contribution in [3.63, 3.8) is 0 Å². The van der Waals surface area contributed by atoms with Gasteiger partial charge in [-0.3, -0.25) is 4.79 Å². The van der Waals surface area contributed by atoms with E-state index in [0.717, 1.165) is 11.3 Å². The maximum atomic E-state index is 12.4. The van der Waals surface area contributed by atoms with Gasteiger partial charge in [0, 0.05) is 22.3 Å². The van der Waals surface area contributed by atoms with Crippen molar-refractivity contribution in [3.8, 4) is 22.8 Å². The minimum absolute atomic E-state index is 0.155. The third kappa shape index (κ3) is 3.77. The van der Waals surface area contributed by atoms with Crippen LogP contribution in [0, 0.1) is 0 Å². The van der Waals surface area contributed by atoms with E-state index in [1.165, 1.54) is 11.8 Å². The predicted molar refractivity (Wildman–Crippen MR) is 113 cm³/mol. The number of rotatable bonds is 5. The van der Waals surface area contributed by atoms with Crippen LogP contribution in [0.3, 0.4) is 0 Å². The molecule has 0 atom stereocenters. The molecule has 1 aliphatic heterocycles. The van der Waals surface area contributed by atoms with Gasteiger partial charge in [-0.2, -0.15) is 9.61 Å². The first-order valence-corrected chi connectivity index (χ1v) is 10.3. The molecule has 3 heterocycles. The highest BCUT2D eigenvalue weighted by Gasteiger charge is 2.15. The SMILES string of the molecule is O=C(CSc1nnc2ccc(-c3ccc(Cl)cc3)nn12)Nc1ccc2c(c1)OCO2. The summed E-state index contributed by atoms with van der Waals surface area (Å²) >= 11 is 7.21. The number of nitrogens with one attached hydrogen (secondary N) is 1. The van der Waals surface area contributed by atoms with Crippen molar-refractivity contribution in [1.82, 2.24) is 19.8 Å². The van der Waals surface area contributed by atoms with Gasteiger partial charge in [-0.15, -0.1) is 10.2 Å². The second-order valence-electron chi connectivity index (χ2n) is 6.38. The number of nitrogens with zero attached hydrogens (tertiary/aromatic N) is 4. The molecule has 0 aliphatic carbocycles. The lowest BCUT2D eigenvalue weighted by molar-refractivity contribution is -0.113. The number of halogens is 1. The summed E-state index contributed by atoms with van der Waals surface area (Å²) < 4.78 is 12.2. The van der Waals surface area contributed by atoms with E-state index >= 15 is 0 Å². The highest BCUT2D eigenvalue weighted by molar-refractivity contribution is 7.99. The molecule has 30 heavy (non-hydrogen) atoms. The third-order valence-electron chi connectivity index (χ3n) is 4.36. The van der Waals surface area contributed by atoms with Crippen molar-refractivity contribution in [2.45, 2.75) is 5.16 Å². The number of amides is 1. The van der Waals surface area contributed by atoms with Crippen LogP contribution in [-0.4, -0.2) is 38.3 Å². The number of aromatic nitrogens is 4. The molecular weight excluding hydrogens is 426 g/mol. The monoisotopic (exact) mass is 439 g/mol. The number of hydrogen-bond donors (Lipinski definition) is 1. The molecule has 150 valence electrons. The molecular formula is C20H14ClN5O3S. The van der Waals surface area contributed by atoms with Crippen LogP contribution in [0.2, 0.25) is 5.02 Å². The molecule has 4 aromatic rings. The fourth-order valence-electron chi connectivity index (χ4n) is 2.94. The van der Waals surface area contributed by atoms with E-state index in [1.54, 1.807) is 22.7 Å². The quantitative estimate of drug-likeness (QED) is 0.471. The largest absolute Gasteiger partial charge is 0.454 e. The molecule has 2 aromatic carbocycles. The Morgan fingerprint density at radius 2 is 1.90 bits per heavy atom. The van der Waals surface area contributed by atoms with Gasteiger partial charge in [0.1, 0.15) is 0 Å². The average Bonchev–Trinajstić information content (AvgIpc) is 3.38. The Labute approximate surface area is 180 Å². The van der Waals surface area contributed by atoms with E-state index in [2.05, 4.69) is 20.6 Å².